The summed E-state index contributed by atoms with van der Waals surface area (Å²) in [4.78, 5) is 11.5. The molecule has 2 fully saturated rings. The van der Waals surface area contributed by atoms with E-state index in [-0.39, 0.29) is 29.4 Å². The van der Waals surface area contributed by atoms with Crippen LogP contribution in [-0.2, 0) is 24.1 Å². The van der Waals surface area contributed by atoms with Gasteiger partial charge in [0.1, 0.15) is 11.9 Å². The molecule has 2 heterocycles. The van der Waals surface area contributed by atoms with Crippen molar-refractivity contribution in [3.63, 3.8) is 0 Å². The minimum atomic E-state index is -3.89. The molecule has 3 aliphatic rings. The number of carboxylic acid groups (broad SMARTS) is 1. The van der Waals surface area contributed by atoms with Crippen LogP contribution in [-0.4, -0.2) is 50.5 Å². The molecule has 0 radical (unpaired) electrons. The Balaban J connectivity index is 1.48. The summed E-state index contributed by atoms with van der Waals surface area (Å²) in [6.07, 6.45) is 1.40. The molecule has 1 N–H and O–H groups in total. The third-order valence-corrected chi connectivity index (χ3v) is 9.97. The quantitative estimate of drug-likeness (QED) is 0.571. The van der Waals surface area contributed by atoms with Crippen LogP contribution in [0.4, 0.5) is 5.69 Å². The number of rotatable bonds is 6. The molecule has 2 aromatic carbocycles. The number of fused-ring (bicyclic) bond motifs is 1. The van der Waals surface area contributed by atoms with Gasteiger partial charge in [-0.15, -0.1) is 0 Å². The molecule has 2 aromatic rings. The summed E-state index contributed by atoms with van der Waals surface area (Å²) in [5, 5.41) is 9.23. The molecule has 0 spiro atoms. The number of hydrogen-bond donors (Lipinski definition) is 1. The molecular weight excluding hydrogens is 493 g/mol. The maximum absolute atomic E-state index is 13.9. The number of ether oxygens (including phenoxy) is 1. The molecule has 1 atom stereocenters. The second kappa shape index (κ2) is 9.03. The van der Waals surface area contributed by atoms with Crippen LogP contribution in [0.2, 0.25) is 0 Å². The topological polar surface area (TPSA) is 102 Å². The lowest BCUT2D eigenvalue weighted by Gasteiger charge is -2.40. The third kappa shape index (κ3) is 4.75. The lowest BCUT2D eigenvalue weighted by molar-refractivity contribution is -0.146. The first-order valence-corrected chi connectivity index (χ1v) is 14.2. The summed E-state index contributed by atoms with van der Waals surface area (Å²) in [5.41, 5.74) is 0.957. The summed E-state index contributed by atoms with van der Waals surface area (Å²) < 4.78 is 48.0. The van der Waals surface area contributed by atoms with Crippen molar-refractivity contribution in [2.24, 2.45) is 11.8 Å². The van der Waals surface area contributed by atoms with Crippen LogP contribution in [0.25, 0.3) is 0 Å². The molecule has 0 unspecified atom stereocenters. The fourth-order valence-corrected chi connectivity index (χ4v) is 6.81. The normalized spacial score (nSPS) is 26.2. The first-order chi connectivity index (χ1) is 17.3. The fraction of sp³-hybridized carbons (Fsp3) is 0.519. The van der Waals surface area contributed by atoms with E-state index in [0.29, 0.717) is 36.2 Å². The largest absolute Gasteiger partial charge is 0.494 e. The van der Waals surface area contributed by atoms with Crippen molar-refractivity contribution in [2.75, 3.05) is 10.8 Å². The van der Waals surface area contributed by atoms with E-state index in [4.69, 9.17) is 14.0 Å². The predicted molar refractivity (Wildman–Crippen MR) is 141 cm³/mol. The summed E-state index contributed by atoms with van der Waals surface area (Å²) in [6, 6.07) is 12.3. The molecular formula is C27H34BNO7S. The van der Waals surface area contributed by atoms with Gasteiger partial charge in [0.15, 0.2) is 0 Å². The van der Waals surface area contributed by atoms with Crippen molar-refractivity contribution in [2.45, 2.75) is 76.1 Å². The van der Waals surface area contributed by atoms with E-state index >= 15 is 0 Å². The molecule has 1 saturated heterocycles. The van der Waals surface area contributed by atoms with Gasteiger partial charge in [0.2, 0.25) is 0 Å². The number of hydrogen-bond acceptors (Lipinski definition) is 6. The van der Waals surface area contributed by atoms with Gasteiger partial charge in [-0.25, -0.2) is 8.42 Å². The van der Waals surface area contributed by atoms with E-state index in [0.717, 1.165) is 5.56 Å². The van der Waals surface area contributed by atoms with Gasteiger partial charge in [-0.2, -0.15) is 0 Å². The van der Waals surface area contributed by atoms with Gasteiger partial charge in [-0.3, -0.25) is 9.10 Å². The zero-order valence-electron chi connectivity index (χ0n) is 21.9. The number of anilines is 1. The van der Waals surface area contributed by atoms with Crippen molar-refractivity contribution in [1.82, 2.24) is 0 Å². The first kappa shape index (κ1) is 26.1. The smallest absolute Gasteiger partial charge is 0.486 e. The maximum Gasteiger partial charge on any atom is 0.494 e. The average molecular weight is 527 g/mol. The Morgan fingerprint density at radius 2 is 1.76 bits per heavy atom. The van der Waals surface area contributed by atoms with Gasteiger partial charge in [0.05, 0.1) is 34.2 Å². The van der Waals surface area contributed by atoms with E-state index in [1.54, 1.807) is 30.3 Å². The highest BCUT2D eigenvalue weighted by atomic mass is 32.2. The predicted octanol–water partition coefficient (Wildman–Crippen LogP) is 3.75. The highest BCUT2D eigenvalue weighted by Gasteiger charge is 2.52. The Labute approximate surface area is 219 Å². The highest BCUT2D eigenvalue weighted by molar-refractivity contribution is 7.92. The fourth-order valence-electron chi connectivity index (χ4n) is 5.21. The molecule has 0 amide bonds. The molecule has 37 heavy (non-hydrogen) atoms. The molecule has 8 nitrogen and oxygen atoms in total. The van der Waals surface area contributed by atoms with Crippen LogP contribution in [0, 0.1) is 18.8 Å². The van der Waals surface area contributed by atoms with Crippen LogP contribution >= 0.6 is 0 Å². The number of carbonyl (C=O) groups is 1. The number of benzene rings is 2. The summed E-state index contributed by atoms with van der Waals surface area (Å²) in [7, 11) is -4.53. The van der Waals surface area contributed by atoms with Gasteiger partial charge in [0, 0.05) is 0 Å². The number of sulfonamides is 1. The molecule has 1 saturated carbocycles. The minimum Gasteiger partial charge on any atom is -0.486 e. The van der Waals surface area contributed by atoms with Crippen LogP contribution in [0.1, 0.15) is 52.5 Å². The van der Waals surface area contributed by atoms with Crippen molar-refractivity contribution in [1.29, 1.82) is 0 Å². The lowest BCUT2D eigenvalue weighted by atomic mass is 9.72. The van der Waals surface area contributed by atoms with Crippen LogP contribution in [0.5, 0.6) is 5.75 Å². The SMILES string of the molecule is Cc1cccc(S(=O)(=O)N2C[C@H](CC3CC(C(=O)O)C3)Oc3ccc(B4OC(C)(C)C(C)(C)O4)cc32)c1. The van der Waals surface area contributed by atoms with E-state index in [1.165, 1.54) is 4.31 Å². The van der Waals surface area contributed by atoms with Crippen molar-refractivity contribution < 1.29 is 32.4 Å². The Kier molecular flexibility index (Phi) is 6.36. The zero-order chi connectivity index (χ0) is 26.8. The second-order valence-corrected chi connectivity index (χ2v) is 13.4. The first-order valence-electron chi connectivity index (χ1n) is 12.8. The molecule has 5 rings (SSSR count). The van der Waals surface area contributed by atoms with Gasteiger partial charge in [0.25, 0.3) is 10.0 Å². The number of aryl methyl sites for hydroxylation is 1. The molecule has 0 aromatic heterocycles. The number of nitrogens with zero attached hydrogens (tertiary/aromatic N) is 1. The molecule has 1 aliphatic carbocycles. The number of aliphatic carboxylic acids is 1. The van der Waals surface area contributed by atoms with E-state index in [2.05, 4.69) is 0 Å². The zero-order valence-corrected chi connectivity index (χ0v) is 22.7. The van der Waals surface area contributed by atoms with Crippen LogP contribution in [0.3, 0.4) is 0 Å². The Hall–Kier alpha value is -2.56. The van der Waals surface area contributed by atoms with E-state index in [9.17, 15) is 18.3 Å². The average Bonchev–Trinajstić information content (AvgIpc) is 3.01. The number of carboxylic acids is 1. The minimum absolute atomic E-state index is 0.143. The molecule has 0 bridgehead atoms. The van der Waals surface area contributed by atoms with E-state index < -0.39 is 34.3 Å². The van der Waals surface area contributed by atoms with Crippen LogP contribution in [0.15, 0.2) is 47.4 Å². The molecule has 10 heteroatoms. The van der Waals surface area contributed by atoms with Gasteiger partial charge in [-0.1, -0.05) is 18.2 Å². The standard InChI is InChI=1S/C27H34BNO7S/c1-17-7-6-8-22(11-17)37(32,33)29-16-21(14-18-12-19(13-18)25(30)31)34-24-10-9-20(15-23(24)29)28-35-26(2,3)27(4,5)36-28/h6-11,15,18-19,21H,12-14,16H2,1-5H3,(H,30,31)/t18?,19?,21-/m0/s1. The third-order valence-electron chi connectivity index (χ3n) is 8.20. The highest BCUT2D eigenvalue weighted by Crippen LogP contribution is 2.43. The summed E-state index contributed by atoms with van der Waals surface area (Å²) in [6.45, 7) is 9.91. The van der Waals surface area contributed by atoms with Crippen molar-refractivity contribution >= 4 is 34.3 Å². The Bertz CT molecular complexity index is 1300. The van der Waals surface area contributed by atoms with Crippen molar-refractivity contribution in [3.05, 3.63) is 48.0 Å². The van der Waals surface area contributed by atoms with Gasteiger partial charge < -0.3 is 19.2 Å². The summed E-state index contributed by atoms with van der Waals surface area (Å²) >= 11 is 0. The Morgan fingerprint density at radius 3 is 2.38 bits per heavy atom. The lowest BCUT2D eigenvalue weighted by Crippen LogP contribution is -2.46. The van der Waals surface area contributed by atoms with Gasteiger partial charge in [-0.05, 0) is 95.1 Å². The Morgan fingerprint density at radius 1 is 1.08 bits per heavy atom. The molecule has 2 aliphatic heterocycles. The van der Waals surface area contributed by atoms with Crippen molar-refractivity contribution in [3.8, 4) is 5.75 Å². The maximum atomic E-state index is 13.9. The monoisotopic (exact) mass is 527 g/mol. The van der Waals surface area contributed by atoms with E-state index in [1.807, 2.05) is 46.8 Å². The summed E-state index contributed by atoms with van der Waals surface area (Å²) in [5.74, 6) is -0.428. The van der Waals surface area contributed by atoms with Crippen LogP contribution < -0.4 is 14.5 Å². The van der Waals surface area contributed by atoms with Gasteiger partial charge >= 0.3 is 13.1 Å². The second-order valence-electron chi connectivity index (χ2n) is 11.5. The molecule has 198 valence electrons.